The molecule has 1 rings (SSSR count). The highest BCUT2D eigenvalue weighted by atomic mass is 79.9. The van der Waals surface area contributed by atoms with E-state index in [0.717, 1.165) is 27.9 Å². The molecule has 1 aliphatic rings. The Morgan fingerprint density at radius 2 is 1.38 bits per heavy atom. The second-order valence-electron chi connectivity index (χ2n) is 5.14. The smallest absolute Gasteiger partial charge is 0.353 e. The van der Waals surface area contributed by atoms with E-state index in [1.807, 2.05) is 0 Å². The Kier molecular flexibility index (Phi) is 6.73. The van der Waals surface area contributed by atoms with E-state index in [2.05, 4.69) is 20.7 Å². The van der Waals surface area contributed by atoms with Gasteiger partial charge in [0.1, 0.15) is 0 Å². The zero-order valence-electron chi connectivity index (χ0n) is 13.9. The maximum atomic E-state index is 12.2. The van der Waals surface area contributed by atoms with Crippen molar-refractivity contribution in [2.75, 3.05) is 7.11 Å². The molecular weight excluding hydrogens is 392 g/mol. The molecular formula is C14H19BrO9. The van der Waals surface area contributed by atoms with Crippen LogP contribution in [0.15, 0.2) is 0 Å². The Morgan fingerprint density at radius 1 is 0.917 bits per heavy atom. The fraction of sp³-hybridized carbons (Fsp3) is 0.714. The molecule has 0 aromatic rings. The van der Waals surface area contributed by atoms with E-state index in [4.69, 9.17) is 18.9 Å². The number of rotatable bonds is 4. The molecule has 5 atom stereocenters. The summed E-state index contributed by atoms with van der Waals surface area (Å²) in [6.07, 6.45) is -4.68. The van der Waals surface area contributed by atoms with Crippen LogP contribution < -0.4 is 0 Å². The first kappa shape index (κ1) is 20.4. The molecule has 10 heteroatoms. The van der Waals surface area contributed by atoms with E-state index in [0.29, 0.717) is 0 Å². The van der Waals surface area contributed by atoms with Gasteiger partial charge in [0, 0.05) is 20.8 Å². The number of methoxy groups -OCH3 is 1. The average molecular weight is 411 g/mol. The van der Waals surface area contributed by atoms with Crippen molar-refractivity contribution in [1.82, 2.24) is 0 Å². The fourth-order valence-electron chi connectivity index (χ4n) is 2.36. The molecule has 24 heavy (non-hydrogen) atoms. The van der Waals surface area contributed by atoms with Crippen molar-refractivity contribution in [1.29, 1.82) is 0 Å². The second-order valence-corrected chi connectivity index (χ2v) is 6.32. The minimum Gasteiger partial charge on any atom is -0.466 e. The lowest BCUT2D eigenvalue weighted by molar-refractivity contribution is -0.252. The highest BCUT2D eigenvalue weighted by molar-refractivity contribution is 9.10. The van der Waals surface area contributed by atoms with Crippen molar-refractivity contribution < 1.29 is 42.9 Å². The summed E-state index contributed by atoms with van der Waals surface area (Å²) in [7, 11) is 1.11. The van der Waals surface area contributed by atoms with E-state index in [-0.39, 0.29) is 0 Å². The molecule has 0 amide bonds. The summed E-state index contributed by atoms with van der Waals surface area (Å²) in [6.45, 7) is 4.90. The van der Waals surface area contributed by atoms with Crippen molar-refractivity contribution in [2.24, 2.45) is 0 Å². The SMILES string of the molecule is COC(=O)C1(Br)OC(C)C(OC(C)=O)C(OC(C)=O)C1OC(C)=O. The van der Waals surface area contributed by atoms with Crippen LogP contribution in [0.5, 0.6) is 0 Å². The Hall–Kier alpha value is -1.68. The number of halogens is 1. The van der Waals surface area contributed by atoms with Gasteiger partial charge < -0.3 is 23.7 Å². The number of alkyl halides is 1. The second kappa shape index (κ2) is 7.93. The van der Waals surface area contributed by atoms with E-state index >= 15 is 0 Å². The van der Waals surface area contributed by atoms with Gasteiger partial charge in [-0.25, -0.2) is 4.79 Å². The van der Waals surface area contributed by atoms with Crippen LogP contribution >= 0.6 is 15.9 Å². The third kappa shape index (κ3) is 4.44. The number of esters is 4. The highest BCUT2D eigenvalue weighted by Gasteiger charge is 2.62. The largest absolute Gasteiger partial charge is 0.466 e. The quantitative estimate of drug-likeness (QED) is 0.370. The van der Waals surface area contributed by atoms with E-state index in [1.165, 1.54) is 6.92 Å². The van der Waals surface area contributed by atoms with Gasteiger partial charge in [-0.05, 0) is 22.9 Å². The zero-order valence-corrected chi connectivity index (χ0v) is 15.4. The van der Waals surface area contributed by atoms with Gasteiger partial charge >= 0.3 is 23.9 Å². The van der Waals surface area contributed by atoms with Gasteiger partial charge in [-0.3, -0.25) is 14.4 Å². The lowest BCUT2D eigenvalue weighted by atomic mass is 9.94. The molecule has 0 aromatic heterocycles. The highest BCUT2D eigenvalue weighted by Crippen LogP contribution is 2.40. The fourth-order valence-corrected chi connectivity index (χ4v) is 3.17. The summed E-state index contributed by atoms with van der Waals surface area (Å²) in [4.78, 5) is 46.4. The number of carbonyl (C=O) groups excluding carboxylic acids is 4. The van der Waals surface area contributed by atoms with Crippen LogP contribution in [0.25, 0.3) is 0 Å². The van der Waals surface area contributed by atoms with Crippen LogP contribution in [0.1, 0.15) is 27.7 Å². The van der Waals surface area contributed by atoms with Crippen LogP contribution in [0.4, 0.5) is 0 Å². The van der Waals surface area contributed by atoms with Crippen LogP contribution in [0.2, 0.25) is 0 Å². The molecule has 5 unspecified atom stereocenters. The number of hydrogen-bond donors (Lipinski definition) is 0. The summed E-state index contributed by atoms with van der Waals surface area (Å²) in [5.74, 6) is -3.04. The van der Waals surface area contributed by atoms with Crippen molar-refractivity contribution in [3.8, 4) is 0 Å². The third-order valence-electron chi connectivity index (χ3n) is 3.17. The van der Waals surface area contributed by atoms with Crippen molar-refractivity contribution in [3.63, 3.8) is 0 Å². The lowest BCUT2D eigenvalue weighted by Gasteiger charge is -2.46. The topological polar surface area (TPSA) is 114 Å². The van der Waals surface area contributed by atoms with Crippen LogP contribution in [-0.2, 0) is 42.9 Å². The minimum atomic E-state index is -1.93. The molecule has 0 spiro atoms. The first-order chi connectivity index (χ1) is 11.0. The first-order valence-corrected chi connectivity index (χ1v) is 7.79. The average Bonchev–Trinajstić information content (AvgIpc) is 2.45. The molecule has 1 fully saturated rings. The van der Waals surface area contributed by atoms with Crippen LogP contribution in [0.3, 0.4) is 0 Å². The molecule has 0 saturated carbocycles. The minimum absolute atomic E-state index is 0.658. The van der Waals surface area contributed by atoms with Gasteiger partial charge in [-0.1, -0.05) is 0 Å². The molecule has 1 aliphatic heterocycles. The van der Waals surface area contributed by atoms with Crippen molar-refractivity contribution >= 4 is 39.8 Å². The molecule has 136 valence electrons. The van der Waals surface area contributed by atoms with E-state index < -0.39 is 52.8 Å². The predicted octanol–water partition coefficient (Wildman–Crippen LogP) is 0.464. The van der Waals surface area contributed by atoms with Gasteiger partial charge in [0.05, 0.1) is 13.2 Å². The van der Waals surface area contributed by atoms with E-state index in [1.54, 1.807) is 0 Å². The molecule has 0 aliphatic carbocycles. The van der Waals surface area contributed by atoms with E-state index in [9.17, 15) is 19.2 Å². The molecule has 1 saturated heterocycles. The zero-order chi connectivity index (χ0) is 18.7. The third-order valence-corrected chi connectivity index (χ3v) is 4.13. The summed E-state index contributed by atoms with van der Waals surface area (Å²) < 4.78 is 23.7. The number of hydrogen-bond acceptors (Lipinski definition) is 9. The van der Waals surface area contributed by atoms with Gasteiger partial charge in [-0.2, -0.15) is 0 Å². The van der Waals surface area contributed by atoms with Crippen molar-refractivity contribution in [2.45, 2.75) is 56.6 Å². The monoisotopic (exact) mass is 410 g/mol. The molecule has 1 heterocycles. The van der Waals surface area contributed by atoms with Gasteiger partial charge in [0.2, 0.25) is 0 Å². The molecule has 0 bridgehead atoms. The van der Waals surface area contributed by atoms with Gasteiger partial charge in [0.15, 0.2) is 18.3 Å². The molecule has 0 N–H and O–H groups in total. The predicted molar refractivity (Wildman–Crippen MR) is 80.9 cm³/mol. The maximum Gasteiger partial charge on any atom is 0.353 e. The molecule has 9 nitrogen and oxygen atoms in total. The summed E-state index contributed by atoms with van der Waals surface area (Å²) in [5.41, 5.74) is 0. The Bertz CT molecular complexity index is 534. The number of carbonyl (C=O) groups is 4. The summed E-state index contributed by atoms with van der Waals surface area (Å²) in [6, 6.07) is 0. The van der Waals surface area contributed by atoms with Gasteiger partial charge in [0.25, 0.3) is 4.51 Å². The Morgan fingerprint density at radius 3 is 1.79 bits per heavy atom. The number of ether oxygens (including phenoxy) is 5. The van der Waals surface area contributed by atoms with Crippen molar-refractivity contribution in [3.05, 3.63) is 0 Å². The summed E-state index contributed by atoms with van der Waals surface area (Å²) in [5, 5.41) is 0. The Balaban J connectivity index is 3.37. The lowest BCUT2D eigenvalue weighted by Crippen LogP contribution is -2.67. The normalized spacial score (nSPS) is 32.4. The molecule has 0 aromatic carbocycles. The summed E-state index contributed by atoms with van der Waals surface area (Å²) >= 11 is 3.08. The van der Waals surface area contributed by atoms with Crippen LogP contribution in [-0.4, -0.2) is 59.9 Å². The maximum absolute atomic E-state index is 12.2. The standard InChI is InChI=1S/C14H19BrO9/c1-6-10(21-7(2)16)11(22-8(3)17)12(23-9(4)18)14(15,24-6)13(19)20-5/h6,10-12H,1-5H3. The molecule has 0 radical (unpaired) electrons. The first-order valence-electron chi connectivity index (χ1n) is 6.99. The Labute approximate surface area is 147 Å². The van der Waals surface area contributed by atoms with Gasteiger partial charge in [-0.15, -0.1) is 0 Å². The van der Waals surface area contributed by atoms with Crippen LogP contribution in [0, 0.1) is 0 Å².